The van der Waals surface area contributed by atoms with Crippen LogP contribution in [0.2, 0.25) is 0 Å². The Hall–Kier alpha value is -2.74. The van der Waals surface area contributed by atoms with E-state index in [1.165, 1.54) is 12.1 Å². The number of nitrogens with one attached hydrogen (secondary N) is 1. The van der Waals surface area contributed by atoms with Crippen LogP contribution >= 0.6 is 0 Å². The molecule has 8 heteroatoms. The SMILES string of the molecule is Cc1cc(C)n(-c2cccc(NS(=O)(=O)c3c(F)cccc3F)c2)n1. The number of rotatable bonds is 4. The summed E-state index contributed by atoms with van der Waals surface area (Å²) in [4.78, 5) is -1.01. The molecule has 0 fully saturated rings. The lowest BCUT2D eigenvalue weighted by Crippen LogP contribution is -2.16. The van der Waals surface area contributed by atoms with Crippen LogP contribution in [0, 0.1) is 25.5 Å². The molecular formula is C17H15F2N3O2S. The molecule has 1 N–H and O–H groups in total. The fourth-order valence-corrected chi connectivity index (χ4v) is 3.73. The van der Waals surface area contributed by atoms with Gasteiger partial charge in [0.2, 0.25) is 0 Å². The normalized spacial score (nSPS) is 11.5. The molecule has 1 aromatic heterocycles. The van der Waals surface area contributed by atoms with Gasteiger partial charge in [-0.2, -0.15) is 5.10 Å². The van der Waals surface area contributed by atoms with E-state index in [1.54, 1.807) is 16.8 Å². The highest BCUT2D eigenvalue weighted by Crippen LogP contribution is 2.23. The summed E-state index contributed by atoms with van der Waals surface area (Å²) in [6, 6.07) is 11.2. The molecule has 5 nitrogen and oxygen atoms in total. The van der Waals surface area contributed by atoms with E-state index < -0.39 is 26.6 Å². The molecule has 0 aliphatic carbocycles. The molecule has 2 aromatic carbocycles. The summed E-state index contributed by atoms with van der Waals surface area (Å²) in [5, 5.41) is 4.32. The minimum absolute atomic E-state index is 0.174. The van der Waals surface area contributed by atoms with Crippen molar-refractivity contribution in [1.29, 1.82) is 0 Å². The van der Waals surface area contributed by atoms with Crippen LogP contribution in [0.15, 0.2) is 53.4 Å². The molecule has 0 radical (unpaired) electrons. The first kappa shape index (κ1) is 17.1. The molecular weight excluding hydrogens is 348 g/mol. The van der Waals surface area contributed by atoms with Crippen molar-refractivity contribution in [3.8, 4) is 5.69 Å². The lowest BCUT2D eigenvalue weighted by Gasteiger charge is -2.11. The van der Waals surface area contributed by atoms with Crippen LogP contribution in [0.25, 0.3) is 5.69 Å². The van der Waals surface area contributed by atoms with Gasteiger partial charge in [-0.1, -0.05) is 12.1 Å². The Morgan fingerprint density at radius 2 is 1.64 bits per heavy atom. The van der Waals surface area contributed by atoms with Crippen molar-refractivity contribution < 1.29 is 17.2 Å². The highest BCUT2D eigenvalue weighted by Gasteiger charge is 2.24. The standard InChI is InChI=1S/C17H15F2N3O2S/c1-11-9-12(2)22(20-11)14-6-3-5-13(10-14)21-25(23,24)17-15(18)7-4-8-16(17)19/h3-10,21H,1-2H3. The number of aryl methyl sites for hydroxylation is 2. The van der Waals surface area contributed by atoms with E-state index in [0.29, 0.717) is 5.69 Å². The second-order valence-electron chi connectivity index (χ2n) is 5.55. The first-order chi connectivity index (χ1) is 11.8. The smallest absolute Gasteiger partial charge is 0.267 e. The summed E-state index contributed by atoms with van der Waals surface area (Å²) in [6.07, 6.45) is 0. The van der Waals surface area contributed by atoms with Crippen LogP contribution in [0.3, 0.4) is 0 Å². The van der Waals surface area contributed by atoms with Gasteiger partial charge in [-0.3, -0.25) is 4.72 Å². The molecule has 3 rings (SSSR count). The van der Waals surface area contributed by atoms with E-state index in [2.05, 4.69) is 9.82 Å². The number of anilines is 1. The minimum Gasteiger partial charge on any atom is -0.279 e. The van der Waals surface area contributed by atoms with Crippen molar-refractivity contribution >= 4 is 15.7 Å². The summed E-state index contributed by atoms with van der Waals surface area (Å²) in [5.74, 6) is -2.30. The molecule has 0 bridgehead atoms. The summed E-state index contributed by atoms with van der Waals surface area (Å²) < 4.78 is 56.1. The third-order valence-electron chi connectivity index (χ3n) is 3.54. The Kier molecular flexibility index (Phi) is 4.30. The van der Waals surface area contributed by atoms with Gasteiger partial charge in [0.15, 0.2) is 4.90 Å². The third-order valence-corrected chi connectivity index (χ3v) is 4.97. The van der Waals surface area contributed by atoms with Gasteiger partial charge in [-0.25, -0.2) is 21.9 Å². The summed E-state index contributed by atoms with van der Waals surface area (Å²) in [7, 11) is -4.41. The van der Waals surface area contributed by atoms with Crippen LogP contribution in [0.1, 0.15) is 11.4 Å². The first-order valence-electron chi connectivity index (χ1n) is 7.38. The summed E-state index contributed by atoms with van der Waals surface area (Å²) in [6.45, 7) is 3.71. The van der Waals surface area contributed by atoms with Crippen molar-refractivity contribution in [3.05, 3.63) is 71.6 Å². The summed E-state index contributed by atoms with van der Waals surface area (Å²) in [5.41, 5.74) is 2.49. The topological polar surface area (TPSA) is 64.0 Å². The van der Waals surface area contributed by atoms with Gasteiger partial charge in [0.1, 0.15) is 11.6 Å². The highest BCUT2D eigenvalue weighted by molar-refractivity contribution is 7.92. The van der Waals surface area contributed by atoms with Crippen LogP contribution in [-0.2, 0) is 10.0 Å². The first-order valence-corrected chi connectivity index (χ1v) is 8.87. The molecule has 0 aliphatic heterocycles. The van der Waals surface area contributed by atoms with E-state index in [9.17, 15) is 17.2 Å². The number of hydrogen-bond donors (Lipinski definition) is 1. The number of hydrogen-bond acceptors (Lipinski definition) is 3. The van der Waals surface area contributed by atoms with Gasteiger partial charge in [-0.15, -0.1) is 0 Å². The molecule has 0 saturated heterocycles. The molecule has 130 valence electrons. The highest BCUT2D eigenvalue weighted by atomic mass is 32.2. The van der Waals surface area contributed by atoms with E-state index >= 15 is 0 Å². The van der Waals surface area contributed by atoms with E-state index in [-0.39, 0.29) is 5.69 Å². The van der Waals surface area contributed by atoms with Gasteiger partial charge in [0.25, 0.3) is 10.0 Å². The maximum absolute atomic E-state index is 13.8. The van der Waals surface area contributed by atoms with Crippen LogP contribution in [-0.4, -0.2) is 18.2 Å². The molecule has 0 amide bonds. The van der Waals surface area contributed by atoms with E-state index in [0.717, 1.165) is 29.6 Å². The van der Waals surface area contributed by atoms with Crippen molar-refractivity contribution in [3.63, 3.8) is 0 Å². The molecule has 0 saturated carbocycles. The lowest BCUT2D eigenvalue weighted by atomic mass is 10.3. The van der Waals surface area contributed by atoms with E-state index in [4.69, 9.17) is 0 Å². The third kappa shape index (κ3) is 3.39. The van der Waals surface area contributed by atoms with Crippen molar-refractivity contribution in [1.82, 2.24) is 9.78 Å². The largest absolute Gasteiger partial charge is 0.279 e. The van der Waals surface area contributed by atoms with Crippen molar-refractivity contribution in [2.24, 2.45) is 0 Å². The van der Waals surface area contributed by atoms with Gasteiger partial charge < -0.3 is 0 Å². The Morgan fingerprint density at radius 1 is 1.00 bits per heavy atom. The second kappa shape index (κ2) is 6.29. The number of sulfonamides is 1. The zero-order valence-corrected chi connectivity index (χ0v) is 14.3. The number of halogens is 2. The lowest BCUT2D eigenvalue weighted by molar-refractivity contribution is 0.521. The Labute approximate surface area is 144 Å². The zero-order chi connectivity index (χ0) is 18.2. The maximum Gasteiger partial charge on any atom is 0.267 e. The number of benzene rings is 2. The molecule has 0 spiro atoms. The van der Waals surface area contributed by atoms with Gasteiger partial charge in [0.05, 0.1) is 17.1 Å². The zero-order valence-electron chi connectivity index (χ0n) is 13.5. The molecule has 0 aliphatic rings. The fraction of sp³-hybridized carbons (Fsp3) is 0.118. The Morgan fingerprint density at radius 3 is 2.24 bits per heavy atom. The molecule has 0 atom stereocenters. The number of nitrogens with zero attached hydrogens (tertiary/aromatic N) is 2. The number of aromatic nitrogens is 2. The Balaban J connectivity index is 1.99. The van der Waals surface area contributed by atoms with Crippen LogP contribution < -0.4 is 4.72 Å². The fourth-order valence-electron chi connectivity index (χ4n) is 2.54. The van der Waals surface area contributed by atoms with Crippen molar-refractivity contribution in [2.75, 3.05) is 4.72 Å². The monoisotopic (exact) mass is 363 g/mol. The average Bonchev–Trinajstić information content (AvgIpc) is 2.85. The molecule has 3 aromatic rings. The molecule has 1 heterocycles. The maximum atomic E-state index is 13.8. The van der Waals surface area contributed by atoms with Gasteiger partial charge >= 0.3 is 0 Å². The average molecular weight is 363 g/mol. The van der Waals surface area contributed by atoms with Gasteiger partial charge in [-0.05, 0) is 50.2 Å². The molecule has 25 heavy (non-hydrogen) atoms. The second-order valence-corrected chi connectivity index (χ2v) is 7.16. The molecule has 0 unspecified atom stereocenters. The van der Waals surface area contributed by atoms with Gasteiger partial charge in [0, 0.05) is 5.69 Å². The van der Waals surface area contributed by atoms with E-state index in [1.807, 2.05) is 19.9 Å². The quantitative estimate of drug-likeness (QED) is 0.771. The summed E-state index contributed by atoms with van der Waals surface area (Å²) >= 11 is 0. The van der Waals surface area contributed by atoms with Crippen molar-refractivity contribution in [2.45, 2.75) is 18.7 Å². The minimum atomic E-state index is -4.41. The predicted octanol–water partition coefficient (Wildman–Crippen LogP) is 3.57. The predicted molar refractivity (Wildman–Crippen MR) is 90.2 cm³/mol. The van der Waals surface area contributed by atoms with Crippen LogP contribution in [0.5, 0.6) is 0 Å². The van der Waals surface area contributed by atoms with Crippen LogP contribution in [0.4, 0.5) is 14.5 Å². The Bertz CT molecular complexity index is 1030.